The SMILES string of the molecule is Cc1ccc(C(=O)NCCCN2CCOCC2)c(NN)c1. The number of carbonyl (C=O) groups excluding carboxylic acids is 1. The summed E-state index contributed by atoms with van der Waals surface area (Å²) in [5, 5.41) is 2.94. The second-order valence-electron chi connectivity index (χ2n) is 5.26. The van der Waals surface area contributed by atoms with E-state index in [0.29, 0.717) is 17.8 Å². The fourth-order valence-corrected chi connectivity index (χ4v) is 2.40. The Labute approximate surface area is 125 Å². The number of hydrogen-bond donors (Lipinski definition) is 3. The van der Waals surface area contributed by atoms with Gasteiger partial charge >= 0.3 is 0 Å². The average Bonchev–Trinajstić information content (AvgIpc) is 2.52. The van der Waals surface area contributed by atoms with Crippen molar-refractivity contribution in [2.45, 2.75) is 13.3 Å². The fraction of sp³-hybridized carbons (Fsp3) is 0.533. The Morgan fingerprint density at radius 2 is 2.14 bits per heavy atom. The molecule has 6 nitrogen and oxygen atoms in total. The highest BCUT2D eigenvalue weighted by molar-refractivity contribution is 5.99. The molecule has 6 heteroatoms. The van der Waals surface area contributed by atoms with Crippen LogP contribution in [0.1, 0.15) is 22.3 Å². The van der Waals surface area contributed by atoms with Crippen molar-refractivity contribution >= 4 is 11.6 Å². The highest BCUT2D eigenvalue weighted by Gasteiger charge is 2.12. The van der Waals surface area contributed by atoms with E-state index in [1.807, 2.05) is 19.1 Å². The van der Waals surface area contributed by atoms with E-state index in [-0.39, 0.29) is 5.91 Å². The number of benzene rings is 1. The van der Waals surface area contributed by atoms with Gasteiger partial charge < -0.3 is 15.5 Å². The molecule has 2 rings (SSSR count). The minimum absolute atomic E-state index is 0.0927. The number of amides is 1. The highest BCUT2D eigenvalue weighted by Crippen LogP contribution is 2.16. The van der Waals surface area contributed by atoms with Crippen LogP contribution < -0.4 is 16.6 Å². The van der Waals surface area contributed by atoms with Gasteiger partial charge in [0.05, 0.1) is 24.5 Å². The number of anilines is 1. The van der Waals surface area contributed by atoms with Crippen molar-refractivity contribution in [3.8, 4) is 0 Å². The van der Waals surface area contributed by atoms with Crippen molar-refractivity contribution in [3.63, 3.8) is 0 Å². The first-order valence-corrected chi connectivity index (χ1v) is 7.36. The third-order valence-electron chi connectivity index (χ3n) is 3.62. The number of nitrogens with zero attached hydrogens (tertiary/aromatic N) is 1. The van der Waals surface area contributed by atoms with Crippen molar-refractivity contribution in [2.24, 2.45) is 5.84 Å². The Kier molecular flexibility index (Phi) is 5.98. The number of nitrogen functional groups attached to an aromatic ring is 1. The lowest BCUT2D eigenvalue weighted by Crippen LogP contribution is -2.38. The maximum atomic E-state index is 12.1. The zero-order chi connectivity index (χ0) is 15.1. The van der Waals surface area contributed by atoms with Gasteiger partial charge in [0.15, 0.2) is 0 Å². The number of morpholine rings is 1. The van der Waals surface area contributed by atoms with Gasteiger partial charge in [-0.2, -0.15) is 0 Å². The van der Waals surface area contributed by atoms with Crippen molar-refractivity contribution in [1.82, 2.24) is 10.2 Å². The van der Waals surface area contributed by atoms with E-state index in [4.69, 9.17) is 10.6 Å². The Morgan fingerprint density at radius 3 is 2.86 bits per heavy atom. The van der Waals surface area contributed by atoms with Gasteiger partial charge in [0.25, 0.3) is 5.91 Å². The summed E-state index contributed by atoms with van der Waals surface area (Å²) in [5.41, 5.74) is 4.87. The van der Waals surface area contributed by atoms with E-state index < -0.39 is 0 Å². The minimum atomic E-state index is -0.0927. The predicted octanol–water partition coefficient (Wildman–Crippen LogP) is 0.733. The molecule has 0 atom stereocenters. The first-order valence-electron chi connectivity index (χ1n) is 7.36. The Balaban J connectivity index is 1.76. The van der Waals surface area contributed by atoms with Crippen LogP contribution in [0.5, 0.6) is 0 Å². The second kappa shape index (κ2) is 7.97. The molecule has 1 fully saturated rings. The van der Waals surface area contributed by atoms with Crippen LogP contribution in [-0.4, -0.2) is 50.2 Å². The van der Waals surface area contributed by atoms with E-state index in [2.05, 4.69) is 15.6 Å². The van der Waals surface area contributed by atoms with Gasteiger partial charge in [0.1, 0.15) is 0 Å². The van der Waals surface area contributed by atoms with Crippen LogP contribution in [0.4, 0.5) is 5.69 Å². The summed E-state index contributed by atoms with van der Waals surface area (Å²) >= 11 is 0. The van der Waals surface area contributed by atoms with Crippen LogP contribution in [0.3, 0.4) is 0 Å². The van der Waals surface area contributed by atoms with Crippen LogP contribution in [0, 0.1) is 6.92 Å². The summed E-state index contributed by atoms with van der Waals surface area (Å²) in [5.74, 6) is 5.37. The molecule has 0 unspecified atom stereocenters. The minimum Gasteiger partial charge on any atom is -0.379 e. The molecule has 116 valence electrons. The molecular formula is C15H24N4O2. The van der Waals surface area contributed by atoms with E-state index in [1.54, 1.807) is 6.07 Å². The summed E-state index contributed by atoms with van der Waals surface area (Å²) in [6.45, 7) is 7.18. The average molecular weight is 292 g/mol. The van der Waals surface area contributed by atoms with Crippen molar-refractivity contribution in [3.05, 3.63) is 29.3 Å². The van der Waals surface area contributed by atoms with Crippen molar-refractivity contribution < 1.29 is 9.53 Å². The van der Waals surface area contributed by atoms with E-state index in [1.165, 1.54) is 0 Å². The normalized spacial score (nSPS) is 15.7. The zero-order valence-corrected chi connectivity index (χ0v) is 12.5. The number of carbonyl (C=O) groups is 1. The van der Waals surface area contributed by atoms with Crippen LogP contribution in [0.2, 0.25) is 0 Å². The molecule has 21 heavy (non-hydrogen) atoms. The summed E-state index contributed by atoms with van der Waals surface area (Å²) in [7, 11) is 0. The molecule has 1 amide bonds. The van der Waals surface area contributed by atoms with Gasteiger partial charge in [-0.3, -0.25) is 15.5 Å². The number of aryl methyl sites for hydroxylation is 1. The molecule has 1 aromatic carbocycles. The maximum absolute atomic E-state index is 12.1. The van der Waals surface area contributed by atoms with Gasteiger partial charge in [-0.15, -0.1) is 0 Å². The Morgan fingerprint density at radius 1 is 1.38 bits per heavy atom. The van der Waals surface area contributed by atoms with Crippen molar-refractivity contribution in [2.75, 3.05) is 44.8 Å². The Hall–Kier alpha value is -1.63. The molecule has 1 aromatic rings. The van der Waals surface area contributed by atoms with E-state index in [0.717, 1.165) is 44.8 Å². The summed E-state index contributed by atoms with van der Waals surface area (Å²) in [6, 6.07) is 5.56. The standard InChI is InChI=1S/C15H24N4O2/c1-12-3-4-13(14(11-12)18-16)15(20)17-5-2-6-19-7-9-21-10-8-19/h3-4,11,18H,2,5-10,16H2,1H3,(H,17,20). The summed E-state index contributed by atoms with van der Waals surface area (Å²) < 4.78 is 5.31. The number of hydrogen-bond acceptors (Lipinski definition) is 5. The lowest BCUT2D eigenvalue weighted by Gasteiger charge is -2.26. The van der Waals surface area contributed by atoms with E-state index in [9.17, 15) is 4.79 Å². The second-order valence-corrected chi connectivity index (χ2v) is 5.26. The topological polar surface area (TPSA) is 79.6 Å². The first-order chi connectivity index (χ1) is 10.2. The zero-order valence-electron chi connectivity index (χ0n) is 12.5. The lowest BCUT2D eigenvalue weighted by atomic mass is 10.1. The molecule has 0 radical (unpaired) electrons. The number of nitrogens with one attached hydrogen (secondary N) is 2. The molecule has 1 heterocycles. The van der Waals surface area contributed by atoms with Gasteiger partial charge in [-0.05, 0) is 37.6 Å². The molecule has 0 aromatic heterocycles. The Bertz CT molecular complexity index is 473. The molecule has 1 saturated heterocycles. The largest absolute Gasteiger partial charge is 0.379 e. The van der Waals surface area contributed by atoms with Crippen molar-refractivity contribution in [1.29, 1.82) is 0 Å². The smallest absolute Gasteiger partial charge is 0.253 e. The van der Waals surface area contributed by atoms with E-state index >= 15 is 0 Å². The van der Waals surface area contributed by atoms with Crippen LogP contribution in [0.15, 0.2) is 18.2 Å². The molecule has 1 aliphatic heterocycles. The first kappa shape index (κ1) is 15.8. The number of nitrogens with two attached hydrogens (primary N) is 1. The van der Waals surface area contributed by atoms with Crippen LogP contribution >= 0.6 is 0 Å². The third-order valence-corrected chi connectivity index (χ3v) is 3.62. The molecule has 1 aliphatic rings. The number of rotatable bonds is 6. The third kappa shape index (κ3) is 4.70. The summed E-state index contributed by atoms with van der Waals surface area (Å²) in [6.07, 6.45) is 0.934. The molecule has 0 aliphatic carbocycles. The summed E-state index contributed by atoms with van der Waals surface area (Å²) in [4.78, 5) is 14.5. The van der Waals surface area contributed by atoms with Crippen LogP contribution in [0.25, 0.3) is 0 Å². The number of hydrazine groups is 1. The van der Waals surface area contributed by atoms with Gasteiger partial charge in [0.2, 0.25) is 0 Å². The highest BCUT2D eigenvalue weighted by atomic mass is 16.5. The van der Waals surface area contributed by atoms with Gasteiger partial charge in [-0.1, -0.05) is 6.07 Å². The molecule has 0 bridgehead atoms. The fourth-order valence-electron chi connectivity index (χ4n) is 2.40. The molecule has 0 spiro atoms. The number of ether oxygens (including phenoxy) is 1. The predicted molar refractivity (Wildman–Crippen MR) is 83.2 cm³/mol. The quantitative estimate of drug-likeness (QED) is 0.409. The van der Waals surface area contributed by atoms with Gasteiger partial charge in [0, 0.05) is 19.6 Å². The monoisotopic (exact) mass is 292 g/mol. The molecular weight excluding hydrogens is 268 g/mol. The van der Waals surface area contributed by atoms with Gasteiger partial charge in [-0.25, -0.2) is 0 Å². The molecule has 4 N–H and O–H groups in total. The molecule has 0 saturated carbocycles. The maximum Gasteiger partial charge on any atom is 0.253 e. The lowest BCUT2D eigenvalue weighted by molar-refractivity contribution is 0.0374. The van der Waals surface area contributed by atoms with Crippen LogP contribution in [-0.2, 0) is 4.74 Å².